The van der Waals surface area contributed by atoms with E-state index < -0.39 is 0 Å². The Bertz CT molecular complexity index is 890. The molecule has 0 unspecified atom stereocenters. The van der Waals surface area contributed by atoms with E-state index in [1.165, 1.54) is 5.00 Å². The fraction of sp³-hybridized carbons (Fsp3) is 0.368. The molecule has 26 heavy (non-hydrogen) atoms. The van der Waals surface area contributed by atoms with Gasteiger partial charge in [-0.2, -0.15) is 0 Å². The van der Waals surface area contributed by atoms with Crippen molar-refractivity contribution in [3.05, 3.63) is 47.6 Å². The van der Waals surface area contributed by atoms with Gasteiger partial charge in [-0.05, 0) is 29.6 Å². The Balaban J connectivity index is 1.38. The Morgan fingerprint density at radius 3 is 2.65 bits per heavy atom. The predicted molar refractivity (Wildman–Crippen MR) is 109 cm³/mol. The van der Waals surface area contributed by atoms with E-state index in [0.717, 1.165) is 49.0 Å². The summed E-state index contributed by atoms with van der Waals surface area (Å²) in [5.74, 6) is 1.97. The van der Waals surface area contributed by atoms with Crippen molar-refractivity contribution in [3.8, 4) is 0 Å². The van der Waals surface area contributed by atoms with Gasteiger partial charge < -0.3 is 19.7 Å². The molecule has 0 amide bonds. The summed E-state index contributed by atoms with van der Waals surface area (Å²) in [6.45, 7) is 4.66. The number of nitrogens with one attached hydrogen (secondary N) is 1. The molecule has 0 atom stereocenters. The average molecular weight is 369 g/mol. The topological polar surface area (TPSA) is 48.7 Å². The molecule has 3 aromatic rings. The van der Waals surface area contributed by atoms with Crippen LogP contribution in [0.3, 0.4) is 0 Å². The van der Waals surface area contributed by atoms with Gasteiger partial charge in [0.2, 0.25) is 0 Å². The molecule has 1 aromatic carbocycles. The summed E-state index contributed by atoms with van der Waals surface area (Å²) >= 11 is 1.81. The molecule has 6 nitrogen and oxygen atoms in total. The van der Waals surface area contributed by atoms with E-state index >= 15 is 0 Å². The Hall–Kier alpha value is -2.54. The van der Waals surface area contributed by atoms with Gasteiger partial charge in [0.1, 0.15) is 5.82 Å². The van der Waals surface area contributed by atoms with Crippen molar-refractivity contribution in [1.82, 2.24) is 19.8 Å². The lowest BCUT2D eigenvalue weighted by Crippen LogP contribution is -2.52. The van der Waals surface area contributed by atoms with Gasteiger partial charge in [0.25, 0.3) is 0 Å². The first kappa shape index (κ1) is 16.9. The van der Waals surface area contributed by atoms with Crippen molar-refractivity contribution < 1.29 is 0 Å². The average Bonchev–Trinajstić information content (AvgIpc) is 3.32. The van der Waals surface area contributed by atoms with Crippen LogP contribution in [-0.2, 0) is 13.6 Å². The lowest BCUT2D eigenvalue weighted by molar-refractivity contribution is 0.372. The van der Waals surface area contributed by atoms with Crippen LogP contribution in [0.15, 0.2) is 46.8 Å². The summed E-state index contributed by atoms with van der Waals surface area (Å²) in [6, 6.07) is 12.5. The summed E-state index contributed by atoms with van der Waals surface area (Å²) in [5.41, 5.74) is 2.19. The van der Waals surface area contributed by atoms with Crippen LogP contribution in [0.1, 0.15) is 5.82 Å². The molecule has 4 rings (SSSR count). The third-order valence-electron chi connectivity index (χ3n) is 4.89. The van der Waals surface area contributed by atoms with Gasteiger partial charge in [0.15, 0.2) is 5.96 Å². The molecule has 0 radical (unpaired) electrons. The molecule has 1 aliphatic rings. The monoisotopic (exact) mass is 368 g/mol. The molecule has 0 aliphatic carbocycles. The minimum Gasteiger partial charge on any atom is -0.360 e. The van der Waals surface area contributed by atoms with Crippen LogP contribution < -0.4 is 10.2 Å². The number of hydrogen-bond acceptors (Lipinski definition) is 4. The van der Waals surface area contributed by atoms with E-state index in [0.29, 0.717) is 6.54 Å². The molecular formula is C19H24N6S. The minimum atomic E-state index is 0.670. The third kappa shape index (κ3) is 3.26. The number of piperazine rings is 1. The van der Waals surface area contributed by atoms with Crippen molar-refractivity contribution >= 4 is 33.3 Å². The second-order valence-corrected chi connectivity index (χ2v) is 7.33. The predicted octanol–water partition coefficient (Wildman–Crippen LogP) is 2.53. The first-order valence-corrected chi connectivity index (χ1v) is 9.78. The second kappa shape index (κ2) is 7.37. The summed E-state index contributed by atoms with van der Waals surface area (Å²) in [4.78, 5) is 14.0. The maximum absolute atomic E-state index is 4.73. The molecule has 2 aromatic heterocycles. The number of fused-ring (bicyclic) bond motifs is 1. The Kier molecular flexibility index (Phi) is 4.79. The number of nitrogens with zero attached hydrogens (tertiary/aromatic N) is 5. The fourth-order valence-corrected chi connectivity index (χ4v) is 4.22. The molecule has 0 spiro atoms. The van der Waals surface area contributed by atoms with Gasteiger partial charge in [-0.25, -0.2) is 4.98 Å². The highest BCUT2D eigenvalue weighted by atomic mass is 32.1. The Morgan fingerprint density at radius 1 is 1.15 bits per heavy atom. The zero-order valence-electron chi connectivity index (χ0n) is 15.2. The number of hydrogen-bond donors (Lipinski definition) is 1. The van der Waals surface area contributed by atoms with Crippen LogP contribution >= 0.6 is 11.3 Å². The number of thiophene rings is 1. The molecule has 0 saturated carbocycles. The standard InChI is InChI=1S/C19H24N6S/c1-20-19(25-11-9-24(10-12-25)18-8-5-13-26-18)21-14-17-22-15-6-3-4-7-16(15)23(17)2/h3-8,13H,9-12,14H2,1-2H3,(H,20,21). The molecule has 1 N–H and O–H groups in total. The zero-order chi connectivity index (χ0) is 17.9. The number of aryl methyl sites for hydroxylation is 1. The summed E-state index contributed by atoms with van der Waals surface area (Å²) in [5, 5.41) is 6.98. The molecule has 136 valence electrons. The highest BCUT2D eigenvalue weighted by Crippen LogP contribution is 2.22. The molecule has 1 fully saturated rings. The first-order chi connectivity index (χ1) is 12.8. The number of anilines is 1. The molecular weight excluding hydrogens is 344 g/mol. The quantitative estimate of drug-likeness (QED) is 0.570. The van der Waals surface area contributed by atoms with Gasteiger partial charge in [0.05, 0.1) is 22.6 Å². The van der Waals surface area contributed by atoms with Crippen LogP contribution in [0.5, 0.6) is 0 Å². The SMILES string of the molecule is CN=C(NCc1nc2ccccc2n1C)N1CCN(c2cccs2)CC1. The molecule has 0 bridgehead atoms. The Labute approximate surface area is 157 Å². The molecule has 3 heterocycles. The van der Waals surface area contributed by atoms with Crippen molar-refractivity contribution in [3.63, 3.8) is 0 Å². The van der Waals surface area contributed by atoms with Crippen molar-refractivity contribution in [2.75, 3.05) is 38.1 Å². The number of imidazole rings is 1. The number of para-hydroxylation sites is 2. The fourth-order valence-electron chi connectivity index (χ4n) is 3.43. The first-order valence-electron chi connectivity index (χ1n) is 8.90. The van der Waals surface area contributed by atoms with E-state index in [1.807, 2.05) is 19.2 Å². The highest BCUT2D eigenvalue weighted by molar-refractivity contribution is 7.14. The van der Waals surface area contributed by atoms with Crippen molar-refractivity contribution in [2.24, 2.45) is 12.0 Å². The number of aromatic nitrogens is 2. The summed E-state index contributed by atoms with van der Waals surface area (Å²) in [7, 11) is 3.91. The lowest BCUT2D eigenvalue weighted by Gasteiger charge is -2.37. The third-order valence-corrected chi connectivity index (χ3v) is 5.82. The van der Waals surface area contributed by atoms with E-state index in [9.17, 15) is 0 Å². The van der Waals surface area contributed by atoms with Crippen molar-refractivity contribution in [1.29, 1.82) is 0 Å². The lowest BCUT2D eigenvalue weighted by atomic mass is 10.3. The van der Waals surface area contributed by atoms with Crippen molar-refractivity contribution in [2.45, 2.75) is 6.54 Å². The highest BCUT2D eigenvalue weighted by Gasteiger charge is 2.20. The maximum atomic E-state index is 4.73. The number of rotatable bonds is 3. The van der Waals surface area contributed by atoms with E-state index in [2.05, 4.69) is 61.4 Å². The molecule has 1 aliphatic heterocycles. The van der Waals surface area contributed by atoms with Gasteiger partial charge >= 0.3 is 0 Å². The Morgan fingerprint density at radius 2 is 1.96 bits per heavy atom. The normalized spacial score (nSPS) is 15.7. The van der Waals surface area contributed by atoms with E-state index in [-0.39, 0.29) is 0 Å². The van der Waals surface area contributed by atoms with Crippen LogP contribution in [0, 0.1) is 0 Å². The molecule has 7 heteroatoms. The zero-order valence-corrected chi connectivity index (χ0v) is 16.0. The van der Waals surface area contributed by atoms with E-state index in [1.54, 1.807) is 11.3 Å². The van der Waals surface area contributed by atoms with Gasteiger partial charge in [-0.1, -0.05) is 12.1 Å². The van der Waals surface area contributed by atoms with Crippen LogP contribution in [-0.4, -0.2) is 53.6 Å². The van der Waals surface area contributed by atoms with Gasteiger partial charge in [-0.3, -0.25) is 4.99 Å². The smallest absolute Gasteiger partial charge is 0.194 e. The minimum absolute atomic E-state index is 0.670. The van der Waals surface area contributed by atoms with Crippen LogP contribution in [0.25, 0.3) is 11.0 Å². The van der Waals surface area contributed by atoms with Gasteiger partial charge in [0, 0.05) is 40.3 Å². The van der Waals surface area contributed by atoms with Crippen LogP contribution in [0.4, 0.5) is 5.00 Å². The maximum Gasteiger partial charge on any atom is 0.194 e. The second-order valence-electron chi connectivity index (χ2n) is 6.40. The summed E-state index contributed by atoms with van der Waals surface area (Å²) in [6.07, 6.45) is 0. The summed E-state index contributed by atoms with van der Waals surface area (Å²) < 4.78 is 2.14. The van der Waals surface area contributed by atoms with Crippen LogP contribution in [0.2, 0.25) is 0 Å². The van der Waals surface area contributed by atoms with E-state index in [4.69, 9.17) is 4.98 Å². The number of benzene rings is 1. The number of guanidine groups is 1. The largest absolute Gasteiger partial charge is 0.360 e. The van der Waals surface area contributed by atoms with Gasteiger partial charge in [-0.15, -0.1) is 11.3 Å². The number of aliphatic imine (C=N–C) groups is 1. The molecule has 1 saturated heterocycles.